The first kappa shape index (κ1) is 14.1. The standard InChI is InChI=1S/C17H21NO3/c1-12(2)13-3-4-15-14(9-13)5-6-17(21-15)7-8-18(11-17)10-16(19)20/h3-6,9,12H,7-8,10-11H2,1-2H3,(H,19,20). The first-order valence-corrected chi connectivity index (χ1v) is 7.44. The van der Waals surface area contributed by atoms with Crippen molar-refractivity contribution in [1.29, 1.82) is 0 Å². The fourth-order valence-corrected chi connectivity index (χ4v) is 3.07. The van der Waals surface area contributed by atoms with Crippen LogP contribution in [0.3, 0.4) is 0 Å². The highest BCUT2D eigenvalue weighted by Crippen LogP contribution is 2.37. The summed E-state index contributed by atoms with van der Waals surface area (Å²) >= 11 is 0. The Bertz CT molecular complexity index is 594. The van der Waals surface area contributed by atoms with Gasteiger partial charge in [-0.1, -0.05) is 26.0 Å². The molecule has 2 aliphatic heterocycles. The van der Waals surface area contributed by atoms with Crippen molar-refractivity contribution in [2.24, 2.45) is 0 Å². The third-order valence-corrected chi connectivity index (χ3v) is 4.28. The van der Waals surface area contributed by atoms with Crippen molar-refractivity contribution in [3.8, 4) is 5.75 Å². The molecule has 1 atom stereocenters. The Balaban J connectivity index is 1.79. The van der Waals surface area contributed by atoms with Crippen LogP contribution < -0.4 is 4.74 Å². The lowest BCUT2D eigenvalue weighted by Gasteiger charge is -2.31. The van der Waals surface area contributed by atoms with E-state index in [1.54, 1.807) is 0 Å². The van der Waals surface area contributed by atoms with Gasteiger partial charge in [0.2, 0.25) is 0 Å². The van der Waals surface area contributed by atoms with Crippen molar-refractivity contribution < 1.29 is 14.6 Å². The van der Waals surface area contributed by atoms with Gasteiger partial charge in [-0.3, -0.25) is 9.69 Å². The Kier molecular flexibility index (Phi) is 3.49. The Morgan fingerprint density at radius 2 is 2.29 bits per heavy atom. The molecule has 112 valence electrons. The van der Waals surface area contributed by atoms with Crippen LogP contribution in [0.25, 0.3) is 6.08 Å². The molecule has 1 spiro atoms. The van der Waals surface area contributed by atoms with E-state index in [9.17, 15) is 4.79 Å². The van der Waals surface area contributed by atoms with Crippen LogP contribution in [0.15, 0.2) is 24.3 Å². The van der Waals surface area contributed by atoms with Gasteiger partial charge >= 0.3 is 5.97 Å². The molecule has 0 amide bonds. The van der Waals surface area contributed by atoms with Crippen molar-refractivity contribution in [2.45, 2.75) is 31.8 Å². The Hall–Kier alpha value is -1.81. The number of nitrogens with zero attached hydrogens (tertiary/aromatic N) is 1. The van der Waals surface area contributed by atoms with Gasteiger partial charge in [0.1, 0.15) is 11.4 Å². The maximum Gasteiger partial charge on any atom is 0.317 e. The molecule has 21 heavy (non-hydrogen) atoms. The first-order chi connectivity index (χ1) is 9.97. The van der Waals surface area contributed by atoms with Crippen LogP contribution in [0, 0.1) is 0 Å². The second kappa shape index (κ2) is 5.19. The molecule has 2 heterocycles. The van der Waals surface area contributed by atoms with Crippen LogP contribution in [0.1, 0.15) is 37.3 Å². The highest BCUT2D eigenvalue weighted by molar-refractivity contribution is 5.69. The van der Waals surface area contributed by atoms with Crippen molar-refractivity contribution >= 4 is 12.0 Å². The molecule has 1 aromatic carbocycles. The number of aliphatic carboxylic acids is 1. The summed E-state index contributed by atoms with van der Waals surface area (Å²) in [5.41, 5.74) is 2.06. The lowest BCUT2D eigenvalue weighted by atomic mass is 9.94. The van der Waals surface area contributed by atoms with Gasteiger partial charge in [-0.2, -0.15) is 0 Å². The van der Waals surface area contributed by atoms with E-state index in [4.69, 9.17) is 9.84 Å². The zero-order valence-electron chi connectivity index (χ0n) is 12.5. The third kappa shape index (κ3) is 2.81. The number of ether oxygens (including phenoxy) is 1. The van der Waals surface area contributed by atoms with Crippen LogP contribution >= 0.6 is 0 Å². The van der Waals surface area contributed by atoms with E-state index >= 15 is 0 Å². The largest absolute Gasteiger partial charge is 0.481 e. The summed E-state index contributed by atoms with van der Waals surface area (Å²) in [5.74, 6) is 0.616. The number of fused-ring (bicyclic) bond motifs is 1. The molecule has 1 unspecified atom stereocenters. The Labute approximate surface area is 125 Å². The summed E-state index contributed by atoms with van der Waals surface area (Å²) < 4.78 is 6.21. The molecule has 0 aliphatic carbocycles. The number of carboxylic acid groups (broad SMARTS) is 1. The molecule has 0 saturated carbocycles. The highest BCUT2D eigenvalue weighted by atomic mass is 16.5. The molecule has 0 radical (unpaired) electrons. The third-order valence-electron chi connectivity index (χ3n) is 4.28. The molecule has 1 fully saturated rings. The quantitative estimate of drug-likeness (QED) is 0.928. The molecule has 0 aromatic heterocycles. The van der Waals surface area contributed by atoms with Crippen molar-refractivity contribution in [3.63, 3.8) is 0 Å². The number of likely N-dealkylation sites (tertiary alicyclic amines) is 1. The molecule has 4 nitrogen and oxygen atoms in total. The molecule has 0 bridgehead atoms. The number of benzene rings is 1. The van der Waals surface area contributed by atoms with Crippen molar-refractivity contribution in [2.75, 3.05) is 19.6 Å². The summed E-state index contributed by atoms with van der Waals surface area (Å²) in [5, 5.41) is 8.90. The fourth-order valence-electron chi connectivity index (χ4n) is 3.07. The fraction of sp³-hybridized carbons (Fsp3) is 0.471. The average molecular weight is 287 g/mol. The molecule has 2 aliphatic rings. The zero-order valence-corrected chi connectivity index (χ0v) is 12.5. The Morgan fingerprint density at radius 1 is 1.48 bits per heavy atom. The molecule has 4 heteroatoms. The van der Waals surface area contributed by atoms with Crippen LogP contribution in [0.4, 0.5) is 0 Å². The van der Waals surface area contributed by atoms with Crippen LogP contribution in [-0.2, 0) is 4.79 Å². The number of carboxylic acids is 1. The van der Waals surface area contributed by atoms with E-state index in [1.807, 2.05) is 11.0 Å². The molecule has 3 rings (SSSR count). The minimum Gasteiger partial charge on any atom is -0.481 e. The topological polar surface area (TPSA) is 49.8 Å². The molecule has 1 N–H and O–H groups in total. The minimum atomic E-state index is -0.784. The maximum atomic E-state index is 10.8. The summed E-state index contributed by atoms with van der Waals surface area (Å²) in [4.78, 5) is 12.8. The highest BCUT2D eigenvalue weighted by Gasteiger charge is 2.40. The molecule has 1 aromatic rings. The van der Waals surface area contributed by atoms with Gasteiger partial charge in [-0.05, 0) is 29.7 Å². The smallest absolute Gasteiger partial charge is 0.317 e. The van der Waals surface area contributed by atoms with Gasteiger partial charge in [0.25, 0.3) is 0 Å². The lowest BCUT2D eigenvalue weighted by Crippen LogP contribution is -2.40. The second-order valence-corrected chi connectivity index (χ2v) is 6.31. The van der Waals surface area contributed by atoms with E-state index in [0.717, 1.165) is 24.3 Å². The van der Waals surface area contributed by atoms with Crippen LogP contribution in [0.5, 0.6) is 5.75 Å². The van der Waals surface area contributed by atoms with Crippen LogP contribution in [0.2, 0.25) is 0 Å². The summed E-state index contributed by atoms with van der Waals surface area (Å²) in [7, 11) is 0. The monoisotopic (exact) mass is 287 g/mol. The number of hydrogen-bond donors (Lipinski definition) is 1. The van der Waals surface area contributed by atoms with Gasteiger partial charge in [-0.25, -0.2) is 0 Å². The SMILES string of the molecule is CC(C)c1ccc2c(c1)C=CC1(CCN(CC(=O)O)C1)O2. The zero-order chi connectivity index (χ0) is 15.0. The van der Waals surface area contributed by atoms with E-state index in [1.165, 1.54) is 5.56 Å². The summed E-state index contributed by atoms with van der Waals surface area (Å²) in [6, 6.07) is 6.32. The molecule has 1 saturated heterocycles. The van der Waals surface area contributed by atoms with Crippen molar-refractivity contribution in [3.05, 3.63) is 35.4 Å². The number of carbonyl (C=O) groups is 1. The van der Waals surface area contributed by atoms with E-state index < -0.39 is 5.97 Å². The maximum absolute atomic E-state index is 10.8. The van der Waals surface area contributed by atoms with Gasteiger partial charge in [0, 0.05) is 25.1 Å². The van der Waals surface area contributed by atoms with E-state index in [-0.39, 0.29) is 12.1 Å². The predicted molar refractivity (Wildman–Crippen MR) is 81.6 cm³/mol. The lowest BCUT2D eigenvalue weighted by molar-refractivity contribution is -0.138. The molecular weight excluding hydrogens is 266 g/mol. The average Bonchev–Trinajstić information content (AvgIpc) is 2.80. The first-order valence-electron chi connectivity index (χ1n) is 7.44. The normalized spacial score (nSPS) is 24.3. The second-order valence-electron chi connectivity index (χ2n) is 6.31. The van der Waals surface area contributed by atoms with Gasteiger partial charge in [0.05, 0.1) is 6.54 Å². The van der Waals surface area contributed by atoms with Crippen molar-refractivity contribution in [1.82, 2.24) is 4.90 Å². The summed E-state index contributed by atoms with van der Waals surface area (Å²) in [6.07, 6.45) is 5.05. The van der Waals surface area contributed by atoms with Crippen LogP contribution in [-0.4, -0.2) is 41.2 Å². The van der Waals surface area contributed by atoms with Gasteiger partial charge < -0.3 is 9.84 Å². The molecular formula is C17H21NO3. The minimum absolute atomic E-state index is 0.0814. The van der Waals surface area contributed by atoms with E-state index in [0.29, 0.717) is 12.5 Å². The van der Waals surface area contributed by atoms with Gasteiger partial charge in [0.15, 0.2) is 0 Å². The van der Waals surface area contributed by atoms with Gasteiger partial charge in [-0.15, -0.1) is 0 Å². The number of hydrogen-bond acceptors (Lipinski definition) is 3. The van der Waals surface area contributed by atoms with E-state index in [2.05, 4.69) is 38.1 Å². The summed E-state index contributed by atoms with van der Waals surface area (Å²) in [6.45, 7) is 5.84. The predicted octanol–water partition coefficient (Wildman–Crippen LogP) is 2.74. The number of rotatable bonds is 3. The Morgan fingerprint density at radius 3 is 3.00 bits per heavy atom.